The molecule has 0 aromatic heterocycles. The van der Waals surface area contributed by atoms with Gasteiger partial charge in [-0.25, -0.2) is 0 Å². The fourth-order valence-corrected chi connectivity index (χ4v) is 2.57. The molecule has 0 aromatic rings. The first-order valence-corrected chi connectivity index (χ1v) is 10.0. The maximum atomic E-state index is 11.3. The van der Waals surface area contributed by atoms with Gasteiger partial charge in [-0.2, -0.15) is 0 Å². The highest BCUT2D eigenvalue weighted by molar-refractivity contribution is 5.69. The molecule has 4 nitrogen and oxygen atoms in total. The van der Waals surface area contributed by atoms with Crippen LogP contribution in [0.2, 0.25) is 0 Å². The average Bonchev–Trinajstić information content (AvgIpc) is 2.62. The molecule has 0 saturated carbocycles. The zero-order valence-electron chi connectivity index (χ0n) is 16.0. The molecule has 0 bridgehead atoms. The lowest BCUT2D eigenvalue weighted by atomic mass is 10.1. The van der Waals surface area contributed by atoms with E-state index in [-0.39, 0.29) is 11.7 Å². The minimum absolute atomic E-state index is 0.335. The van der Waals surface area contributed by atoms with Gasteiger partial charge in [0.1, 0.15) is 12.9 Å². The van der Waals surface area contributed by atoms with Gasteiger partial charge in [0, 0.05) is 6.42 Å². The summed E-state index contributed by atoms with van der Waals surface area (Å²) in [6, 6.07) is 0. The van der Waals surface area contributed by atoms with Crippen molar-refractivity contribution >= 4 is 5.97 Å². The van der Waals surface area contributed by atoms with E-state index in [2.05, 4.69) is 19.1 Å². The topological polar surface area (TPSA) is 66.8 Å². The second-order valence-electron chi connectivity index (χ2n) is 6.59. The average molecular weight is 355 g/mol. The van der Waals surface area contributed by atoms with Crippen LogP contribution in [0.25, 0.3) is 0 Å². The molecule has 0 spiro atoms. The van der Waals surface area contributed by atoms with Crippen molar-refractivity contribution in [3.63, 3.8) is 0 Å². The highest BCUT2D eigenvalue weighted by atomic mass is 16.5. The molecule has 0 fully saturated rings. The van der Waals surface area contributed by atoms with Gasteiger partial charge in [0.2, 0.25) is 0 Å². The van der Waals surface area contributed by atoms with Crippen LogP contribution in [0.15, 0.2) is 24.2 Å². The number of hydrogen-bond donors (Lipinski definition) is 2. The Morgan fingerprint density at radius 1 is 0.840 bits per heavy atom. The highest BCUT2D eigenvalue weighted by Crippen LogP contribution is 2.10. The number of carbonyl (C=O) groups is 1. The van der Waals surface area contributed by atoms with Crippen molar-refractivity contribution in [1.82, 2.24) is 0 Å². The Hall–Kier alpha value is -1.29. The number of aliphatic hydroxyl groups excluding tert-OH is 2. The van der Waals surface area contributed by atoms with Crippen molar-refractivity contribution in [3.8, 4) is 0 Å². The van der Waals surface area contributed by atoms with Gasteiger partial charge in [0.05, 0.1) is 0 Å². The SMILES string of the molecule is CCCCCCCCC=CCCCCCCCC(=O)OC=C(O)CO. The molecular weight excluding hydrogens is 316 g/mol. The summed E-state index contributed by atoms with van der Waals surface area (Å²) in [6.07, 6.45) is 21.8. The van der Waals surface area contributed by atoms with Crippen molar-refractivity contribution in [2.24, 2.45) is 0 Å². The first-order valence-electron chi connectivity index (χ1n) is 10.0. The molecule has 0 unspecified atom stereocenters. The lowest BCUT2D eigenvalue weighted by Gasteiger charge is -2.01. The number of ether oxygens (including phenoxy) is 1. The van der Waals surface area contributed by atoms with Gasteiger partial charge >= 0.3 is 5.97 Å². The number of rotatable bonds is 17. The van der Waals surface area contributed by atoms with E-state index in [4.69, 9.17) is 14.9 Å². The summed E-state index contributed by atoms with van der Waals surface area (Å²) in [4.78, 5) is 11.3. The molecule has 4 heteroatoms. The van der Waals surface area contributed by atoms with Gasteiger partial charge in [-0.15, -0.1) is 0 Å². The van der Waals surface area contributed by atoms with E-state index >= 15 is 0 Å². The Balaban J connectivity index is 3.28. The summed E-state index contributed by atoms with van der Waals surface area (Å²) in [5, 5.41) is 17.5. The maximum Gasteiger partial charge on any atom is 0.310 e. The van der Waals surface area contributed by atoms with Crippen molar-refractivity contribution in [1.29, 1.82) is 0 Å². The summed E-state index contributed by atoms with van der Waals surface area (Å²) in [5.74, 6) is -0.699. The van der Waals surface area contributed by atoms with Crippen LogP contribution >= 0.6 is 0 Å². The molecule has 0 aliphatic rings. The summed E-state index contributed by atoms with van der Waals surface area (Å²) >= 11 is 0. The third kappa shape index (κ3) is 18.9. The van der Waals surface area contributed by atoms with Crippen LogP contribution in [-0.2, 0) is 9.53 Å². The van der Waals surface area contributed by atoms with Gasteiger partial charge in [0.15, 0.2) is 5.76 Å². The van der Waals surface area contributed by atoms with E-state index in [1.165, 1.54) is 57.8 Å². The number of hydrogen-bond acceptors (Lipinski definition) is 4. The molecule has 0 aliphatic carbocycles. The van der Waals surface area contributed by atoms with E-state index in [0.717, 1.165) is 31.9 Å². The predicted molar refractivity (Wildman–Crippen MR) is 103 cm³/mol. The third-order valence-corrected chi connectivity index (χ3v) is 4.13. The van der Waals surface area contributed by atoms with Crippen LogP contribution in [0.5, 0.6) is 0 Å². The van der Waals surface area contributed by atoms with Crippen LogP contribution in [0.1, 0.15) is 96.8 Å². The molecule has 0 radical (unpaired) electrons. The number of carbonyl (C=O) groups excluding carboxylic acids is 1. The lowest BCUT2D eigenvalue weighted by Crippen LogP contribution is -2.01. The van der Waals surface area contributed by atoms with E-state index in [1.54, 1.807) is 0 Å². The van der Waals surface area contributed by atoms with Gasteiger partial charge < -0.3 is 14.9 Å². The molecule has 0 rings (SSSR count). The summed E-state index contributed by atoms with van der Waals surface area (Å²) in [7, 11) is 0. The zero-order valence-corrected chi connectivity index (χ0v) is 16.0. The minimum atomic E-state index is -0.513. The largest absolute Gasteiger partial charge is 0.507 e. The third-order valence-electron chi connectivity index (χ3n) is 4.13. The molecule has 0 amide bonds. The Bertz CT molecular complexity index is 361. The Morgan fingerprint density at radius 3 is 1.92 bits per heavy atom. The molecule has 2 N–H and O–H groups in total. The predicted octanol–water partition coefficient (Wildman–Crippen LogP) is 5.96. The van der Waals surface area contributed by atoms with Crippen molar-refractivity contribution in [2.75, 3.05) is 6.61 Å². The second kappa shape index (κ2) is 19.0. The first kappa shape index (κ1) is 23.7. The van der Waals surface area contributed by atoms with Crippen LogP contribution in [-0.4, -0.2) is 22.8 Å². The second-order valence-corrected chi connectivity index (χ2v) is 6.59. The smallest absolute Gasteiger partial charge is 0.310 e. The Labute approximate surface area is 154 Å². The Kier molecular flexibility index (Phi) is 18.1. The molecule has 0 atom stereocenters. The van der Waals surface area contributed by atoms with Crippen molar-refractivity contribution < 1.29 is 19.7 Å². The van der Waals surface area contributed by atoms with Crippen LogP contribution in [0.3, 0.4) is 0 Å². The van der Waals surface area contributed by atoms with Gasteiger partial charge in [0.25, 0.3) is 0 Å². The molecule has 0 aliphatic heterocycles. The van der Waals surface area contributed by atoms with E-state index < -0.39 is 6.61 Å². The highest BCUT2D eigenvalue weighted by Gasteiger charge is 2.01. The molecule has 0 saturated heterocycles. The van der Waals surface area contributed by atoms with Gasteiger partial charge in [-0.1, -0.05) is 70.4 Å². The molecule has 0 heterocycles. The summed E-state index contributed by atoms with van der Waals surface area (Å²) in [5.41, 5.74) is 0. The molecule has 25 heavy (non-hydrogen) atoms. The zero-order chi connectivity index (χ0) is 18.6. The van der Waals surface area contributed by atoms with Crippen LogP contribution < -0.4 is 0 Å². The normalized spacial score (nSPS) is 12.0. The van der Waals surface area contributed by atoms with Gasteiger partial charge in [-0.3, -0.25) is 4.79 Å². The summed E-state index contributed by atoms with van der Waals surface area (Å²) < 4.78 is 4.69. The quantitative estimate of drug-likeness (QED) is 0.146. The van der Waals surface area contributed by atoms with Crippen molar-refractivity contribution in [2.45, 2.75) is 96.8 Å². The molecule has 146 valence electrons. The minimum Gasteiger partial charge on any atom is -0.507 e. The van der Waals surface area contributed by atoms with E-state index in [0.29, 0.717) is 6.42 Å². The lowest BCUT2D eigenvalue weighted by molar-refractivity contribution is -0.138. The summed E-state index contributed by atoms with van der Waals surface area (Å²) in [6.45, 7) is 1.74. The standard InChI is InChI=1S/C21H38O4/c1-2-3-4-5-6-7-8-9-10-11-12-13-14-15-16-17-21(24)25-19-20(23)18-22/h9-10,19,22-23H,2-8,11-18H2,1H3. The fourth-order valence-electron chi connectivity index (χ4n) is 2.57. The maximum absolute atomic E-state index is 11.3. The monoisotopic (exact) mass is 354 g/mol. The Morgan fingerprint density at radius 2 is 1.36 bits per heavy atom. The van der Waals surface area contributed by atoms with Crippen LogP contribution in [0, 0.1) is 0 Å². The van der Waals surface area contributed by atoms with E-state index in [9.17, 15) is 4.79 Å². The molecular formula is C21H38O4. The fraction of sp³-hybridized carbons (Fsp3) is 0.762. The van der Waals surface area contributed by atoms with E-state index in [1.807, 2.05) is 0 Å². The number of aliphatic hydroxyl groups is 2. The van der Waals surface area contributed by atoms with Gasteiger partial charge in [-0.05, 0) is 32.1 Å². The number of esters is 1. The van der Waals surface area contributed by atoms with Crippen molar-refractivity contribution in [3.05, 3.63) is 24.2 Å². The number of allylic oxidation sites excluding steroid dienone is 2. The van der Waals surface area contributed by atoms with Crippen LogP contribution in [0.4, 0.5) is 0 Å². The first-order chi connectivity index (χ1) is 12.2. The number of unbranched alkanes of at least 4 members (excludes halogenated alkanes) is 11. The molecule has 0 aromatic carbocycles.